The smallest absolute Gasteiger partial charge is 0.237 e. The normalized spacial score (nSPS) is 18.7. The third-order valence-electron chi connectivity index (χ3n) is 4.20. The van der Waals surface area contributed by atoms with Gasteiger partial charge in [-0.05, 0) is 38.0 Å². The Morgan fingerprint density at radius 2 is 1.70 bits per heavy atom. The first-order chi connectivity index (χ1) is 10.7. The van der Waals surface area contributed by atoms with Crippen molar-refractivity contribution in [3.8, 4) is 0 Å². The number of nitrogens with one attached hydrogen (secondary N) is 3. The van der Waals surface area contributed by atoms with Crippen LogP contribution in [0.4, 0.5) is 0 Å². The molecule has 0 bridgehead atoms. The SMILES string of the molecule is CC(C)N[C@@H](C(=O)NCCC(C)N[C@H](C(N)=O)C1CC1)C(C)C. The number of amides is 2. The van der Waals surface area contributed by atoms with Crippen molar-refractivity contribution < 1.29 is 9.59 Å². The van der Waals surface area contributed by atoms with E-state index in [0.29, 0.717) is 12.5 Å². The Morgan fingerprint density at radius 3 is 2.13 bits per heavy atom. The maximum atomic E-state index is 12.3. The highest BCUT2D eigenvalue weighted by Crippen LogP contribution is 2.32. The number of primary amides is 1. The standard InChI is InChI=1S/C17H34N4O2/c1-10(2)14(20-11(3)4)17(23)19-9-8-12(5)21-15(16(18)22)13-6-7-13/h10-15,20-21H,6-9H2,1-5H3,(H2,18,22)(H,19,23)/t12?,14-,15+/m1/s1. The van der Waals surface area contributed by atoms with Gasteiger partial charge in [0.25, 0.3) is 0 Å². The Bertz CT molecular complexity index is 394. The van der Waals surface area contributed by atoms with Gasteiger partial charge in [-0.2, -0.15) is 0 Å². The van der Waals surface area contributed by atoms with Crippen molar-refractivity contribution in [1.82, 2.24) is 16.0 Å². The molecule has 5 N–H and O–H groups in total. The van der Waals surface area contributed by atoms with Gasteiger partial charge in [0.1, 0.15) is 0 Å². The molecule has 6 heteroatoms. The summed E-state index contributed by atoms with van der Waals surface area (Å²) in [5.41, 5.74) is 5.44. The molecular weight excluding hydrogens is 292 g/mol. The lowest BCUT2D eigenvalue weighted by Crippen LogP contribution is -2.51. The monoisotopic (exact) mass is 326 g/mol. The van der Waals surface area contributed by atoms with Gasteiger partial charge in [0, 0.05) is 18.6 Å². The Labute approximate surface area is 140 Å². The summed E-state index contributed by atoms with van der Waals surface area (Å²) in [7, 11) is 0. The van der Waals surface area contributed by atoms with Crippen LogP contribution in [0.2, 0.25) is 0 Å². The second-order valence-electron chi connectivity index (χ2n) is 7.41. The predicted molar refractivity (Wildman–Crippen MR) is 92.8 cm³/mol. The number of nitrogens with two attached hydrogens (primary N) is 1. The van der Waals surface area contributed by atoms with E-state index in [-0.39, 0.29) is 41.9 Å². The second kappa shape index (κ2) is 9.23. The molecule has 3 atom stereocenters. The average molecular weight is 326 g/mol. The van der Waals surface area contributed by atoms with Gasteiger partial charge in [0.15, 0.2) is 0 Å². The first-order valence-electron chi connectivity index (χ1n) is 8.81. The van der Waals surface area contributed by atoms with E-state index in [0.717, 1.165) is 19.3 Å². The zero-order valence-corrected chi connectivity index (χ0v) is 15.2. The zero-order chi connectivity index (χ0) is 17.6. The van der Waals surface area contributed by atoms with Crippen LogP contribution in [0.1, 0.15) is 53.9 Å². The van der Waals surface area contributed by atoms with E-state index in [1.807, 2.05) is 34.6 Å². The van der Waals surface area contributed by atoms with Gasteiger partial charge < -0.3 is 21.7 Å². The van der Waals surface area contributed by atoms with Gasteiger partial charge in [-0.3, -0.25) is 9.59 Å². The molecule has 1 rings (SSSR count). The van der Waals surface area contributed by atoms with Crippen LogP contribution in [0.5, 0.6) is 0 Å². The zero-order valence-electron chi connectivity index (χ0n) is 15.2. The molecule has 6 nitrogen and oxygen atoms in total. The third kappa shape index (κ3) is 7.31. The summed E-state index contributed by atoms with van der Waals surface area (Å²) < 4.78 is 0. The molecule has 0 aromatic carbocycles. The Balaban J connectivity index is 2.33. The van der Waals surface area contributed by atoms with Gasteiger partial charge >= 0.3 is 0 Å². The van der Waals surface area contributed by atoms with E-state index in [9.17, 15) is 9.59 Å². The van der Waals surface area contributed by atoms with Crippen molar-refractivity contribution in [3.05, 3.63) is 0 Å². The van der Waals surface area contributed by atoms with Gasteiger partial charge in [0.05, 0.1) is 12.1 Å². The molecule has 1 unspecified atom stereocenters. The highest BCUT2D eigenvalue weighted by molar-refractivity contribution is 5.82. The molecular formula is C17H34N4O2. The third-order valence-corrected chi connectivity index (χ3v) is 4.20. The van der Waals surface area contributed by atoms with Gasteiger partial charge in [-0.25, -0.2) is 0 Å². The Hall–Kier alpha value is -1.14. The molecule has 0 spiro atoms. The quantitative estimate of drug-likeness (QED) is 0.451. The van der Waals surface area contributed by atoms with Crippen LogP contribution < -0.4 is 21.7 Å². The lowest BCUT2D eigenvalue weighted by molar-refractivity contribution is -0.124. The lowest BCUT2D eigenvalue weighted by Gasteiger charge is -2.25. The van der Waals surface area contributed by atoms with Crippen LogP contribution in [0.15, 0.2) is 0 Å². The topological polar surface area (TPSA) is 96.2 Å². The molecule has 1 fully saturated rings. The molecule has 1 saturated carbocycles. The molecule has 134 valence electrons. The van der Waals surface area contributed by atoms with Gasteiger partial charge in [-0.15, -0.1) is 0 Å². The number of hydrogen-bond donors (Lipinski definition) is 4. The highest BCUT2D eigenvalue weighted by atomic mass is 16.2. The maximum absolute atomic E-state index is 12.3. The predicted octanol–water partition coefficient (Wildman–Crippen LogP) is 0.757. The van der Waals surface area contributed by atoms with Gasteiger partial charge in [0.2, 0.25) is 11.8 Å². The van der Waals surface area contributed by atoms with Crippen LogP contribution in [0.3, 0.4) is 0 Å². The molecule has 0 aromatic rings. The Kier molecular flexibility index (Phi) is 7.99. The Morgan fingerprint density at radius 1 is 1.09 bits per heavy atom. The van der Waals surface area contributed by atoms with E-state index >= 15 is 0 Å². The molecule has 1 aliphatic carbocycles. The lowest BCUT2D eigenvalue weighted by atomic mass is 10.0. The van der Waals surface area contributed by atoms with E-state index in [1.165, 1.54) is 0 Å². The number of hydrogen-bond acceptors (Lipinski definition) is 4. The molecule has 2 amide bonds. The second-order valence-corrected chi connectivity index (χ2v) is 7.41. The van der Waals surface area contributed by atoms with Crippen molar-refractivity contribution in [2.75, 3.05) is 6.54 Å². The van der Waals surface area contributed by atoms with Crippen LogP contribution in [-0.2, 0) is 9.59 Å². The highest BCUT2D eigenvalue weighted by Gasteiger charge is 2.35. The van der Waals surface area contributed by atoms with Crippen molar-refractivity contribution in [1.29, 1.82) is 0 Å². The summed E-state index contributed by atoms with van der Waals surface area (Å²) in [6.07, 6.45) is 2.91. The molecule has 23 heavy (non-hydrogen) atoms. The largest absolute Gasteiger partial charge is 0.368 e. The average Bonchev–Trinajstić information content (AvgIpc) is 3.25. The van der Waals surface area contributed by atoms with Gasteiger partial charge in [-0.1, -0.05) is 27.7 Å². The first-order valence-corrected chi connectivity index (χ1v) is 8.81. The summed E-state index contributed by atoms with van der Waals surface area (Å²) in [6, 6.07) is 0.00221. The van der Waals surface area contributed by atoms with Crippen LogP contribution >= 0.6 is 0 Å². The molecule has 0 radical (unpaired) electrons. The van der Waals surface area contributed by atoms with Crippen molar-refractivity contribution in [2.45, 2.75) is 78.0 Å². The van der Waals surface area contributed by atoms with E-state index in [2.05, 4.69) is 16.0 Å². The fourth-order valence-electron chi connectivity index (χ4n) is 2.72. The number of carbonyl (C=O) groups is 2. The van der Waals surface area contributed by atoms with Crippen LogP contribution in [0, 0.1) is 11.8 Å². The summed E-state index contributed by atoms with van der Waals surface area (Å²) in [4.78, 5) is 23.7. The minimum Gasteiger partial charge on any atom is -0.368 e. The first kappa shape index (κ1) is 19.9. The minimum absolute atomic E-state index is 0.0366. The molecule has 0 heterocycles. The van der Waals surface area contributed by atoms with Crippen molar-refractivity contribution in [3.63, 3.8) is 0 Å². The molecule has 0 aliphatic heterocycles. The van der Waals surface area contributed by atoms with E-state index in [1.54, 1.807) is 0 Å². The maximum Gasteiger partial charge on any atom is 0.237 e. The van der Waals surface area contributed by atoms with E-state index in [4.69, 9.17) is 5.73 Å². The van der Waals surface area contributed by atoms with Crippen molar-refractivity contribution in [2.24, 2.45) is 17.6 Å². The molecule has 0 saturated heterocycles. The summed E-state index contributed by atoms with van der Waals surface area (Å²) in [5.74, 6) is 0.395. The summed E-state index contributed by atoms with van der Waals surface area (Å²) in [6.45, 7) is 10.8. The minimum atomic E-state index is -0.274. The number of carbonyl (C=O) groups excluding carboxylic acids is 2. The molecule has 1 aliphatic rings. The fourth-order valence-corrected chi connectivity index (χ4v) is 2.72. The van der Waals surface area contributed by atoms with Crippen LogP contribution in [-0.4, -0.2) is 42.5 Å². The number of rotatable bonds is 11. The van der Waals surface area contributed by atoms with Crippen molar-refractivity contribution >= 4 is 11.8 Å². The van der Waals surface area contributed by atoms with Crippen LogP contribution in [0.25, 0.3) is 0 Å². The molecule has 0 aromatic heterocycles. The van der Waals surface area contributed by atoms with E-state index < -0.39 is 0 Å². The summed E-state index contributed by atoms with van der Waals surface area (Å²) in [5, 5.41) is 9.58. The summed E-state index contributed by atoms with van der Waals surface area (Å²) >= 11 is 0. The fraction of sp³-hybridized carbons (Fsp3) is 0.882.